The third-order valence-corrected chi connectivity index (χ3v) is 2.52. The zero-order valence-electron chi connectivity index (χ0n) is 9.43. The molecule has 83 valence electrons. The molecule has 0 saturated carbocycles. The maximum atomic E-state index is 4.04. The summed E-state index contributed by atoms with van der Waals surface area (Å²) >= 11 is 0. The van der Waals surface area contributed by atoms with Gasteiger partial charge < -0.3 is 0 Å². The highest BCUT2D eigenvalue weighted by Crippen LogP contribution is 2.16. The minimum Gasteiger partial charge on any atom is -0.197 e. The minimum absolute atomic E-state index is 0.825. The molecule has 0 saturated heterocycles. The first-order valence-corrected chi connectivity index (χ1v) is 5.51. The van der Waals surface area contributed by atoms with E-state index >= 15 is 0 Å². The van der Waals surface area contributed by atoms with Crippen LogP contribution in [0.2, 0.25) is 0 Å². The van der Waals surface area contributed by atoms with Crippen molar-refractivity contribution in [1.82, 2.24) is 20.2 Å². The molecule has 0 aliphatic carbocycles. The second-order valence-electron chi connectivity index (χ2n) is 3.59. The Morgan fingerprint density at radius 3 is 2.88 bits per heavy atom. The van der Waals surface area contributed by atoms with Crippen molar-refractivity contribution in [3.05, 3.63) is 42.6 Å². The summed E-state index contributed by atoms with van der Waals surface area (Å²) in [6.07, 6.45) is 2.64. The van der Waals surface area contributed by atoms with Gasteiger partial charge in [-0.05, 0) is 34.9 Å². The SMILES string of the molecule is [CH2]CCc1ccccc1-n1nnnc1CC. The van der Waals surface area contributed by atoms with Gasteiger partial charge in [0.1, 0.15) is 0 Å². The molecule has 0 aliphatic heterocycles. The number of hydrogen-bond acceptors (Lipinski definition) is 3. The number of rotatable bonds is 4. The lowest BCUT2D eigenvalue weighted by Crippen LogP contribution is -2.05. The molecule has 0 aliphatic rings. The van der Waals surface area contributed by atoms with E-state index in [1.165, 1.54) is 5.56 Å². The van der Waals surface area contributed by atoms with Crippen molar-refractivity contribution < 1.29 is 0 Å². The fraction of sp³-hybridized carbons (Fsp3) is 0.333. The van der Waals surface area contributed by atoms with Crippen LogP contribution in [0.3, 0.4) is 0 Å². The Morgan fingerprint density at radius 2 is 2.12 bits per heavy atom. The van der Waals surface area contributed by atoms with Crippen LogP contribution in [0.4, 0.5) is 0 Å². The number of aryl methyl sites for hydroxylation is 2. The standard InChI is InChI=1S/C12H15N4/c1-3-7-10-8-5-6-9-11(10)16-12(4-2)13-14-15-16/h5-6,8-9H,1,3-4,7H2,2H3. The van der Waals surface area contributed by atoms with Crippen molar-refractivity contribution in [2.24, 2.45) is 0 Å². The molecule has 4 nitrogen and oxygen atoms in total. The molecular weight excluding hydrogens is 200 g/mol. The molecule has 1 aromatic carbocycles. The Labute approximate surface area is 95.3 Å². The minimum atomic E-state index is 0.825. The Morgan fingerprint density at radius 1 is 1.31 bits per heavy atom. The number of aromatic nitrogens is 4. The second kappa shape index (κ2) is 4.88. The average molecular weight is 215 g/mol. The molecular formula is C12H15N4. The first-order chi connectivity index (χ1) is 7.86. The van der Waals surface area contributed by atoms with Crippen LogP contribution in [0.1, 0.15) is 24.7 Å². The lowest BCUT2D eigenvalue weighted by molar-refractivity contribution is 0.755. The molecule has 0 unspecified atom stereocenters. The summed E-state index contributed by atoms with van der Waals surface area (Å²) in [5.41, 5.74) is 2.30. The lowest BCUT2D eigenvalue weighted by atomic mass is 10.1. The molecule has 0 spiro atoms. The molecule has 1 aromatic heterocycles. The molecule has 0 N–H and O–H groups in total. The summed E-state index contributed by atoms with van der Waals surface area (Å²) in [7, 11) is 0. The number of tetrazole rings is 1. The van der Waals surface area contributed by atoms with Gasteiger partial charge in [0.2, 0.25) is 0 Å². The normalized spacial score (nSPS) is 10.6. The van der Waals surface area contributed by atoms with Gasteiger partial charge in [0.15, 0.2) is 5.82 Å². The van der Waals surface area contributed by atoms with Crippen molar-refractivity contribution in [2.75, 3.05) is 0 Å². The number of benzene rings is 1. The Balaban J connectivity index is 2.46. The van der Waals surface area contributed by atoms with Gasteiger partial charge in [-0.3, -0.25) is 0 Å². The third kappa shape index (κ3) is 1.96. The molecule has 0 amide bonds. The quantitative estimate of drug-likeness (QED) is 0.783. The van der Waals surface area contributed by atoms with Crippen molar-refractivity contribution >= 4 is 0 Å². The molecule has 1 radical (unpaired) electrons. The second-order valence-corrected chi connectivity index (χ2v) is 3.59. The van der Waals surface area contributed by atoms with Gasteiger partial charge in [-0.1, -0.05) is 32.0 Å². The van der Waals surface area contributed by atoms with E-state index in [9.17, 15) is 0 Å². The maximum absolute atomic E-state index is 4.04. The smallest absolute Gasteiger partial charge is 0.156 e. The van der Waals surface area contributed by atoms with E-state index in [0.717, 1.165) is 30.8 Å². The molecule has 2 aromatic rings. The zero-order valence-corrected chi connectivity index (χ0v) is 9.43. The predicted molar refractivity (Wildman–Crippen MR) is 62.2 cm³/mol. The van der Waals surface area contributed by atoms with E-state index in [0.29, 0.717) is 0 Å². The summed E-state index contributed by atoms with van der Waals surface area (Å²) in [5.74, 6) is 0.886. The van der Waals surface area contributed by atoms with Crippen LogP contribution < -0.4 is 0 Å². The fourth-order valence-electron chi connectivity index (χ4n) is 1.73. The van der Waals surface area contributed by atoms with Gasteiger partial charge in [0, 0.05) is 6.42 Å². The molecule has 2 rings (SSSR count). The molecule has 4 heteroatoms. The predicted octanol–water partition coefficient (Wildman–Crippen LogP) is 1.99. The first-order valence-electron chi connectivity index (χ1n) is 5.51. The van der Waals surface area contributed by atoms with E-state index in [1.54, 1.807) is 0 Å². The van der Waals surface area contributed by atoms with E-state index in [-0.39, 0.29) is 0 Å². The van der Waals surface area contributed by atoms with E-state index in [1.807, 2.05) is 29.8 Å². The van der Waals surface area contributed by atoms with E-state index in [4.69, 9.17) is 0 Å². The van der Waals surface area contributed by atoms with Gasteiger partial charge in [-0.15, -0.1) is 5.10 Å². The van der Waals surface area contributed by atoms with Crippen LogP contribution in [0, 0.1) is 6.92 Å². The Hall–Kier alpha value is -1.71. The molecule has 0 bridgehead atoms. The highest BCUT2D eigenvalue weighted by Gasteiger charge is 2.09. The van der Waals surface area contributed by atoms with Gasteiger partial charge in [0.25, 0.3) is 0 Å². The Bertz CT molecular complexity index is 462. The molecule has 1 heterocycles. The summed E-state index contributed by atoms with van der Waals surface area (Å²) in [6.45, 7) is 5.93. The third-order valence-electron chi connectivity index (χ3n) is 2.52. The molecule has 0 fully saturated rings. The van der Waals surface area contributed by atoms with Crippen LogP contribution in [-0.4, -0.2) is 20.2 Å². The zero-order chi connectivity index (χ0) is 11.4. The number of para-hydroxylation sites is 1. The molecule has 0 atom stereocenters. The van der Waals surface area contributed by atoms with Gasteiger partial charge in [-0.25, -0.2) is 0 Å². The summed E-state index contributed by atoms with van der Waals surface area (Å²) in [6, 6.07) is 8.18. The average Bonchev–Trinajstić information content (AvgIpc) is 2.78. The molecule has 16 heavy (non-hydrogen) atoms. The summed E-state index contributed by atoms with van der Waals surface area (Å²) < 4.78 is 1.81. The summed E-state index contributed by atoms with van der Waals surface area (Å²) in [5, 5.41) is 11.8. The van der Waals surface area contributed by atoms with Crippen molar-refractivity contribution in [2.45, 2.75) is 26.2 Å². The van der Waals surface area contributed by atoms with Crippen molar-refractivity contribution in [1.29, 1.82) is 0 Å². The van der Waals surface area contributed by atoms with Gasteiger partial charge in [0.05, 0.1) is 5.69 Å². The largest absolute Gasteiger partial charge is 0.197 e. The highest BCUT2D eigenvalue weighted by atomic mass is 15.5. The maximum Gasteiger partial charge on any atom is 0.156 e. The van der Waals surface area contributed by atoms with Crippen molar-refractivity contribution in [3.8, 4) is 5.69 Å². The first kappa shape index (κ1) is 10.8. The van der Waals surface area contributed by atoms with Gasteiger partial charge >= 0.3 is 0 Å². The lowest BCUT2D eigenvalue weighted by Gasteiger charge is -2.08. The number of hydrogen-bond donors (Lipinski definition) is 0. The number of nitrogens with zero attached hydrogens (tertiary/aromatic N) is 4. The van der Waals surface area contributed by atoms with Crippen LogP contribution in [0.5, 0.6) is 0 Å². The summed E-state index contributed by atoms with van der Waals surface area (Å²) in [4.78, 5) is 0. The van der Waals surface area contributed by atoms with Crippen molar-refractivity contribution in [3.63, 3.8) is 0 Å². The van der Waals surface area contributed by atoms with Crippen LogP contribution in [-0.2, 0) is 12.8 Å². The van der Waals surface area contributed by atoms with Crippen LogP contribution >= 0.6 is 0 Å². The van der Waals surface area contributed by atoms with Crippen LogP contribution in [0.25, 0.3) is 5.69 Å². The topological polar surface area (TPSA) is 43.6 Å². The van der Waals surface area contributed by atoms with Crippen LogP contribution in [0.15, 0.2) is 24.3 Å². The van der Waals surface area contributed by atoms with Gasteiger partial charge in [-0.2, -0.15) is 4.68 Å². The highest BCUT2D eigenvalue weighted by molar-refractivity contribution is 5.40. The Kier molecular flexibility index (Phi) is 3.29. The van der Waals surface area contributed by atoms with E-state index < -0.39 is 0 Å². The fourth-order valence-corrected chi connectivity index (χ4v) is 1.73. The van der Waals surface area contributed by atoms with E-state index in [2.05, 4.69) is 28.5 Å². The monoisotopic (exact) mass is 215 g/mol.